The maximum absolute atomic E-state index is 14.0. The van der Waals surface area contributed by atoms with Gasteiger partial charge in [-0.15, -0.1) is 11.3 Å². The molecule has 2 heterocycles. The number of hydrogen-bond donors (Lipinski definition) is 0. The summed E-state index contributed by atoms with van der Waals surface area (Å²) in [4.78, 5) is 26.8. The zero-order valence-electron chi connectivity index (χ0n) is 18.2. The van der Waals surface area contributed by atoms with Crippen molar-refractivity contribution in [1.82, 2.24) is 14.9 Å². The van der Waals surface area contributed by atoms with Gasteiger partial charge in [-0.25, -0.2) is 4.98 Å². The molecule has 1 amide bonds. The van der Waals surface area contributed by atoms with E-state index in [-0.39, 0.29) is 11.9 Å². The SMILES string of the molecule is COCc1nc(OC)c2c(C)c(C(=O)N(C3CC3)C3CCCc4ccccc43)sc2n1. The Morgan fingerprint density at radius 3 is 2.74 bits per heavy atom. The molecule has 0 saturated heterocycles. The fourth-order valence-electron chi connectivity index (χ4n) is 4.74. The van der Waals surface area contributed by atoms with Crippen molar-refractivity contribution in [2.45, 2.75) is 57.7 Å². The molecule has 5 rings (SSSR count). The van der Waals surface area contributed by atoms with Crippen molar-refractivity contribution < 1.29 is 14.3 Å². The number of thiophene rings is 1. The van der Waals surface area contributed by atoms with Crippen LogP contribution in [-0.2, 0) is 17.8 Å². The quantitative estimate of drug-likeness (QED) is 0.552. The van der Waals surface area contributed by atoms with E-state index in [0.717, 1.165) is 52.8 Å². The van der Waals surface area contributed by atoms with Crippen molar-refractivity contribution >= 4 is 27.5 Å². The van der Waals surface area contributed by atoms with Crippen LogP contribution in [0.25, 0.3) is 10.2 Å². The van der Waals surface area contributed by atoms with E-state index >= 15 is 0 Å². The summed E-state index contributed by atoms with van der Waals surface area (Å²) in [5.41, 5.74) is 3.59. The third kappa shape index (κ3) is 3.59. The minimum atomic E-state index is 0.111. The van der Waals surface area contributed by atoms with Gasteiger partial charge in [0.05, 0.1) is 23.4 Å². The Balaban J connectivity index is 1.58. The number of benzene rings is 1. The van der Waals surface area contributed by atoms with Gasteiger partial charge in [0.1, 0.15) is 11.4 Å². The van der Waals surface area contributed by atoms with Crippen LogP contribution in [0.5, 0.6) is 5.88 Å². The molecule has 1 aromatic carbocycles. The van der Waals surface area contributed by atoms with Crippen LogP contribution in [0.3, 0.4) is 0 Å². The highest BCUT2D eigenvalue weighted by Crippen LogP contribution is 2.44. The van der Waals surface area contributed by atoms with Gasteiger partial charge in [-0.3, -0.25) is 4.79 Å². The average Bonchev–Trinajstić information content (AvgIpc) is 3.56. The number of hydrogen-bond acceptors (Lipinski definition) is 6. The number of nitrogens with zero attached hydrogens (tertiary/aromatic N) is 3. The van der Waals surface area contributed by atoms with Gasteiger partial charge < -0.3 is 14.4 Å². The Bertz CT molecular complexity index is 1140. The summed E-state index contributed by atoms with van der Waals surface area (Å²) in [6, 6.07) is 9.07. The first-order valence-corrected chi connectivity index (χ1v) is 11.7. The number of aromatic nitrogens is 2. The summed E-state index contributed by atoms with van der Waals surface area (Å²) in [5.74, 6) is 1.18. The Labute approximate surface area is 186 Å². The molecule has 2 aliphatic carbocycles. The molecule has 162 valence electrons. The summed E-state index contributed by atoms with van der Waals surface area (Å²) >= 11 is 1.44. The summed E-state index contributed by atoms with van der Waals surface area (Å²) in [5, 5.41) is 0.829. The first kappa shape index (κ1) is 20.4. The van der Waals surface area contributed by atoms with Crippen LogP contribution in [0.2, 0.25) is 0 Å². The zero-order valence-corrected chi connectivity index (χ0v) is 19.0. The van der Waals surface area contributed by atoms with Crippen LogP contribution >= 0.6 is 11.3 Å². The minimum absolute atomic E-state index is 0.111. The van der Waals surface area contributed by atoms with Gasteiger partial charge in [-0.05, 0) is 55.7 Å². The first-order valence-electron chi connectivity index (χ1n) is 10.9. The Morgan fingerprint density at radius 2 is 2.00 bits per heavy atom. The molecule has 7 heteroatoms. The molecule has 0 bridgehead atoms. The third-order valence-electron chi connectivity index (χ3n) is 6.31. The topological polar surface area (TPSA) is 64.6 Å². The predicted molar refractivity (Wildman–Crippen MR) is 121 cm³/mol. The highest BCUT2D eigenvalue weighted by atomic mass is 32.1. The van der Waals surface area contributed by atoms with Gasteiger partial charge >= 0.3 is 0 Å². The Morgan fingerprint density at radius 1 is 1.19 bits per heavy atom. The molecule has 0 radical (unpaired) electrons. The highest BCUT2D eigenvalue weighted by molar-refractivity contribution is 7.20. The monoisotopic (exact) mass is 437 g/mol. The number of carbonyl (C=O) groups excluding carboxylic acids is 1. The van der Waals surface area contributed by atoms with Crippen molar-refractivity contribution in [2.24, 2.45) is 0 Å². The van der Waals surface area contributed by atoms with Crippen molar-refractivity contribution in [2.75, 3.05) is 14.2 Å². The van der Waals surface area contributed by atoms with E-state index in [0.29, 0.717) is 24.4 Å². The number of carbonyl (C=O) groups is 1. The summed E-state index contributed by atoms with van der Waals surface area (Å²) in [6.45, 7) is 2.29. The predicted octanol–water partition coefficient (Wildman–Crippen LogP) is 4.84. The Hall–Kier alpha value is -2.51. The smallest absolute Gasteiger partial charge is 0.265 e. The lowest BCUT2D eigenvalue weighted by atomic mass is 9.86. The van der Waals surface area contributed by atoms with Crippen molar-refractivity contribution in [1.29, 1.82) is 0 Å². The van der Waals surface area contributed by atoms with E-state index in [4.69, 9.17) is 9.47 Å². The molecule has 0 N–H and O–H groups in total. The summed E-state index contributed by atoms with van der Waals surface area (Å²) in [6.07, 6.45) is 5.38. The van der Waals surface area contributed by atoms with E-state index in [1.165, 1.54) is 22.5 Å². The van der Waals surface area contributed by atoms with E-state index in [1.807, 2.05) is 6.92 Å². The lowest BCUT2D eigenvalue weighted by Gasteiger charge is -2.36. The van der Waals surface area contributed by atoms with Gasteiger partial charge in [0.15, 0.2) is 5.82 Å². The second-order valence-corrected chi connectivity index (χ2v) is 9.37. The van der Waals surface area contributed by atoms with Crippen LogP contribution in [0.4, 0.5) is 0 Å². The number of ether oxygens (including phenoxy) is 2. The number of rotatable bonds is 6. The maximum atomic E-state index is 14.0. The lowest BCUT2D eigenvalue weighted by Crippen LogP contribution is -2.38. The molecule has 1 fully saturated rings. The molecule has 6 nitrogen and oxygen atoms in total. The maximum Gasteiger partial charge on any atom is 0.265 e. The molecular weight excluding hydrogens is 410 g/mol. The molecule has 1 saturated carbocycles. The Kier molecular flexibility index (Phi) is 5.40. The van der Waals surface area contributed by atoms with Crippen molar-refractivity contribution in [3.05, 3.63) is 51.7 Å². The third-order valence-corrected chi connectivity index (χ3v) is 7.49. The summed E-state index contributed by atoms with van der Waals surface area (Å²) in [7, 11) is 3.22. The first-order chi connectivity index (χ1) is 15.1. The van der Waals surface area contributed by atoms with Gasteiger partial charge in [-0.1, -0.05) is 24.3 Å². The van der Waals surface area contributed by atoms with Gasteiger partial charge in [0.2, 0.25) is 5.88 Å². The minimum Gasteiger partial charge on any atom is -0.480 e. The molecule has 2 aliphatic rings. The molecule has 2 aromatic heterocycles. The highest BCUT2D eigenvalue weighted by Gasteiger charge is 2.41. The van der Waals surface area contributed by atoms with E-state index in [9.17, 15) is 4.79 Å². The van der Waals surface area contributed by atoms with Gasteiger partial charge in [0.25, 0.3) is 5.91 Å². The molecule has 31 heavy (non-hydrogen) atoms. The molecule has 1 unspecified atom stereocenters. The fraction of sp³-hybridized carbons (Fsp3) is 0.458. The average molecular weight is 438 g/mol. The standard InChI is InChI=1S/C24H27N3O3S/c1-14-20-22(30-3)25-19(13-29-2)26-23(20)31-21(14)24(28)27(16-11-12-16)18-10-6-8-15-7-4-5-9-17(15)18/h4-5,7,9,16,18H,6,8,10-13H2,1-3H3. The molecule has 1 atom stereocenters. The lowest BCUT2D eigenvalue weighted by molar-refractivity contribution is 0.0642. The van der Waals surface area contributed by atoms with Crippen LogP contribution in [-0.4, -0.2) is 41.0 Å². The van der Waals surface area contributed by atoms with Crippen molar-refractivity contribution in [3.8, 4) is 5.88 Å². The second kappa shape index (κ2) is 8.20. The zero-order chi connectivity index (χ0) is 21.5. The van der Waals surface area contributed by atoms with E-state index < -0.39 is 0 Å². The number of fused-ring (bicyclic) bond motifs is 2. The molecule has 0 spiro atoms. The van der Waals surface area contributed by atoms with Gasteiger partial charge in [0, 0.05) is 13.2 Å². The second-order valence-electron chi connectivity index (χ2n) is 8.37. The molecule has 0 aliphatic heterocycles. The summed E-state index contributed by atoms with van der Waals surface area (Å²) < 4.78 is 10.7. The molecule has 3 aromatic rings. The number of methoxy groups -OCH3 is 2. The number of aryl methyl sites for hydroxylation is 2. The normalized spacial score (nSPS) is 18.1. The fourth-order valence-corrected chi connectivity index (χ4v) is 5.87. The van der Waals surface area contributed by atoms with Crippen LogP contribution in [0.1, 0.15) is 63.9 Å². The van der Waals surface area contributed by atoms with Crippen LogP contribution in [0.15, 0.2) is 24.3 Å². The van der Waals surface area contributed by atoms with Gasteiger partial charge in [-0.2, -0.15) is 4.98 Å². The molecular formula is C24H27N3O3S. The van der Waals surface area contributed by atoms with Crippen molar-refractivity contribution in [3.63, 3.8) is 0 Å². The largest absolute Gasteiger partial charge is 0.480 e. The number of amides is 1. The van der Waals surface area contributed by atoms with E-state index in [1.54, 1.807) is 14.2 Å². The van der Waals surface area contributed by atoms with E-state index in [2.05, 4.69) is 39.1 Å². The van der Waals surface area contributed by atoms with Crippen LogP contribution in [0, 0.1) is 6.92 Å². The van der Waals surface area contributed by atoms with Crippen LogP contribution < -0.4 is 4.74 Å².